The molecule has 0 saturated carbocycles. The van der Waals surface area contributed by atoms with Crippen molar-refractivity contribution in [1.82, 2.24) is 4.98 Å². The molecule has 1 aromatic heterocycles. The van der Waals surface area contributed by atoms with Gasteiger partial charge in [0.2, 0.25) is 0 Å². The zero-order valence-corrected chi connectivity index (χ0v) is 12.3. The molecule has 3 rings (SSSR count). The summed E-state index contributed by atoms with van der Waals surface area (Å²) in [5.74, 6) is 0.694. The van der Waals surface area contributed by atoms with E-state index in [1.54, 1.807) is 6.20 Å². The van der Waals surface area contributed by atoms with Crippen LogP contribution in [0.15, 0.2) is 28.9 Å². The molecule has 0 bridgehead atoms. The van der Waals surface area contributed by atoms with Gasteiger partial charge in [-0.05, 0) is 12.1 Å². The van der Waals surface area contributed by atoms with Crippen molar-refractivity contribution < 1.29 is 9.84 Å². The summed E-state index contributed by atoms with van der Waals surface area (Å²) < 4.78 is 7.43. The van der Waals surface area contributed by atoms with Crippen LogP contribution in [0, 0.1) is 0 Å². The lowest BCUT2D eigenvalue weighted by Crippen LogP contribution is -2.18. The Balaban J connectivity index is 1.95. The number of aliphatic hydroxyl groups is 1. The quantitative estimate of drug-likeness (QED) is 0.844. The summed E-state index contributed by atoms with van der Waals surface area (Å²) in [6.07, 6.45) is 1.33. The smallest absolute Gasteiger partial charge is 0.153 e. The average Bonchev–Trinajstić information content (AvgIpc) is 2.75. The maximum absolute atomic E-state index is 10.1. The molecular formula is C12H9BrClNO2S. The SMILES string of the molecule is O[C@@H]1CC(c2ncc(Cl)s2)Oc2cc(Br)ccc21. The summed E-state index contributed by atoms with van der Waals surface area (Å²) in [6.45, 7) is 0. The Bertz CT molecular complexity index is 589. The van der Waals surface area contributed by atoms with E-state index in [1.807, 2.05) is 18.2 Å². The van der Waals surface area contributed by atoms with Gasteiger partial charge in [-0.1, -0.05) is 33.6 Å². The number of halogens is 2. The van der Waals surface area contributed by atoms with Crippen LogP contribution in [0.2, 0.25) is 4.34 Å². The molecule has 6 heteroatoms. The van der Waals surface area contributed by atoms with E-state index in [9.17, 15) is 5.11 Å². The first-order valence-electron chi connectivity index (χ1n) is 5.39. The van der Waals surface area contributed by atoms with Crippen LogP contribution >= 0.6 is 38.9 Å². The molecule has 0 fully saturated rings. The first kappa shape index (κ1) is 12.4. The number of nitrogens with zero attached hydrogens (tertiary/aromatic N) is 1. The summed E-state index contributed by atoms with van der Waals surface area (Å²) in [5, 5.41) is 10.9. The maximum Gasteiger partial charge on any atom is 0.153 e. The predicted octanol–water partition coefficient (Wildman–Crippen LogP) is 4.12. The number of rotatable bonds is 1. The van der Waals surface area contributed by atoms with Crippen molar-refractivity contribution >= 4 is 38.9 Å². The van der Waals surface area contributed by atoms with E-state index in [1.165, 1.54) is 11.3 Å². The molecule has 1 aliphatic rings. The third-order valence-corrected chi connectivity index (χ3v) is 4.51. The molecule has 0 spiro atoms. The van der Waals surface area contributed by atoms with Gasteiger partial charge in [0.05, 0.1) is 12.3 Å². The molecule has 1 aromatic carbocycles. The number of benzene rings is 1. The molecule has 1 aliphatic heterocycles. The Morgan fingerprint density at radius 2 is 2.33 bits per heavy atom. The fraction of sp³-hybridized carbons (Fsp3) is 0.250. The largest absolute Gasteiger partial charge is 0.483 e. The highest BCUT2D eigenvalue weighted by Gasteiger charge is 2.29. The number of fused-ring (bicyclic) bond motifs is 1. The van der Waals surface area contributed by atoms with Crippen molar-refractivity contribution in [3.63, 3.8) is 0 Å². The van der Waals surface area contributed by atoms with Gasteiger partial charge in [-0.3, -0.25) is 0 Å². The van der Waals surface area contributed by atoms with Gasteiger partial charge in [0.1, 0.15) is 15.1 Å². The van der Waals surface area contributed by atoms with Crippen molar-refractivity contribution in [3.8, 4) is 5.75 Å². The van der Waals surface area contributed by atoms with E-state index < -0.39 is 6.10 Å². The van der Waals surface area contributed by atoms with E-state index >= 15 is 0 Å². The lowest BCUT2D eigenvalue weighted by molar-refractivity contribution is 0.0655. The van der Waals surface area contributed by atoms with Crippen LogP contribution in [0.3, 0.4) is 0 Å². The highest BCUT2D eigenvalue weighted by atomic mass is 79.9. The van der Waals surface area contributed by atoms with Gasteiger partial charge in [-0.15, -0.1) is 11.3 Å². The zero-order valence-electron chi connectivity index (χ0n) is 9.14. The van der Waals surface area contributed by atoms with Crippen LogP contribution in [-0.2, 0) is 0 Å². The molecule has 18 heavy (non-hydrogen) atoms. The maximum atomic E-state index is 10.1. The van der Waals surface area contributed by atoms with E-state index in [-0.39, 0.29) is 6.10 Å². The summed E-state index contributed by atoms with van der Waals surface area (Å²) in [6, 6.07) is 5.63. The van der Waals surface area contributed by atoms with E-state index in [2.05, 4.69) is 20.9 Å². The Morgan fingerprint density at radius 3 is 3.06 bits per heavy atom. The molecule has 0 radical (unpaired) electrons. The van der Waals surface area contributed by atoms with Crippen molar-refractivity contribution in [2.45, 2.75) is 18.6 Å². The second-order valence-corrected chi connectivity index (χ2v) is 6.65. The Labute approximate surface area is 122 Å². The molecule has 1 unspecified atom stereocenters. The highest BCUT2D eigenvalue weighted by Crippen LogP contribution is 2.42. The molecule has 94 valence electrons. The van der Waals surface area contributed by atoms with Crippen LogP contribution in [0.1, 0.15) is 29.2 Å². The van der Waals surface area contributed by atoms with Crippen molar-refractivity contribution in [2.75, 3.05) is 0 Å². The topological polar surface area (TPSA) is 42.4 Å². The molecule has 0 saturated heterocycles. The number of hydrogen-bond donors (Lipinski definition) is 1. The molecule has 2 aromatic rings. The van der Waals surface area contributed by atoms with Gasteiger partial charge in [-0.25, -0.2) is 4.98 Å². The standard InChI is InChI=1S/C12H9BrClNO2S/c13-6-1-2-7-8(16)4-10(17-9(7)3-6)12-15-5-11(14)18-12/h1-3,5,8,10,16H,4H2/t8-,10?/m1/s1. The number of aromatic nitrogens is 1. The van der Waals surface area contributed by atoms with Gasteiger partial charge in [0.15, 0.2) is 6.10 Å². The Kier molecular flexibility index (Phi) is 3.32. The van der Waals surface area contributed by atoms with E-state index in [4.69, 9.17) is 16.3 Å². The molecule has 0 aliphatic carbocycles. The fourth-order valence-electron chi connectivity index (χ4n) is 1.98. The number of hydrogen-bond acceptors (Lipinski definition) is 4. The molecule has 0 amide bonds. The highest BCUT2D eigenvalue weighted by molar-refractivity contribution is 9.10. The first-order valence-corrected chi connectivity index (χ1v) is 7.37. The molecule has 1 N–H and O–H groups in total. The molecular weight excluding hydrogens is 338 g/mol. The van der Waals surface area contributed by atoms with Gasteiger partial charge in [-0.2, -0.15) is 0 Å². The average molecular weight is 347 g/mol. The van der Waals surface area contributed by atoms with E-state index in [0.29, 0.717) is 16.5 Å². The third-order valence-electron chi connectivity index (χ3n) is 2.81. The van der Waals surface area contributed by atoms with Crippen LogP contribution in [-0.4, -0.2) is 10.1 Å². The lowest BCUT2D eigenvalue weighted by atomic mass is 9.99. The normalized spacial score (nSPS) is 22.4. The number of aliphatic hydroxyl groups excluding tert-OH is 1. The van der Waals surface area contributed by atoms with Crippen molar-refractivity contribution in [2.24, 2.45) is 0 Å². The van der Waals surface area contributed by atoms with Crippen LogP contribution < -0.4 is 4.74 Å². The van der Waals surface area contributed by atoms with Crippen LogP contribution in [0.4, 0.5) is 0 Å². The second-order valence-electron chi connectivity index (χ2n) is 4.04. The van der Waals surface area contributed by atoms with Crippen LogP contribution in [0.5, 0.6) is 5.75 Å². The van der Waals surface area contributed by atoms with E-state index in [0.717, 1.165) is 15.0 Å². The van der Waals surface area contributed by atoms with Crippen molar-refractivity contribution in [1.29, 1.82) is 0 Å². The predicted molar refractivity (Wildman–Crippen MR) is 74.2 cm³/mol. The molecule has 2 atom stereocenters. The van der Waals surface area contributed by atoms with Crippen LogP contribution in [0.25, 0.3) is 0 Å². The zero-order chi connectivity index (χ0) is 12.7. The second kappa shape index (κ2) is 4.81. The third kappa shape index (κ3) is 2.28. The minimum atomic E-state index is -0.533. The summed E-state index contributed by atoms with van der Waals surface area (Å²) in [4.78, 5) is 4.21. The lowest BCUT2D eigenvalue weighted by Gasteiger charge is -2.28. The summed E-state index contributed by atoms with van der Waals surface area (Å²) in [5.41, 5.74) is 0.817. The van der Waals surface area contributed by atoms with Crippen molar-refractivity contribution in [3.05, 3.63) is 43.8 Å². The molecule has 3 nitrogen and oxygen atoms in total. The van der Waals surface area contributed by atoms with Gasteiger partial charge in [0.25, 0.3) is 0 Å². The molecule has 2 heterocycles. The Hall–Kier alpha value is -0.620. The minimum Gasteiger partial charge on any atom is -0.483 e. The van der Waals surface area contributed by atoms with Gasteiger partial charge in [0, 0.05) is 16.5 Å². The van der Waals surface area contributed by atoms with Gasteiger partial charge < -0.3 is 9.84 Å². The summed E-state index contributed by atoms with van der Waals surface area (Å²) in [7, 11) is 0. The monoisotopic (exact) mass is 345 g/mol. The minimum absolute atomic E-state index is 0.237. The fourth-order valence-corrected chi connectivity index (χ4v) is 3.30. The van der Waals surface area contributed by atoms with Gasteiger partial charge >= 0.3 is 0 Å². The number of ether oxygens (including phenoxy) is 1. The number of thiazole rings is 1. The summed E-state index contributed by atoms with van der Waals surface area (Å²) >= 11 is 10.6. The Morgan fingerprint density at radius 1 is 1.50 bits per heavy atom. The first-order chi connectivity index (χ1) is 8.63.